The molecule has 0 bridgehead atoms. The van der Waals surface area contributed by atoms with Crippen LogP contribution in [0, 0.1) is 0 Å². The summed E-state index contributed by atoms with van der Waals surface area (Å²) in [6.07, 6.45) is 2.05. The van der Waals surface area contributed by atoms with Gasteiger partial charge >= 0.3 is 0 Å². The normalized spacial score (nSPS) is 24.5. The van der Waals surface area contributed by atoms with Crippen LogP contribution in [0.4, 0.5) is 11.4 Å². The molecular formula is C37H46N8O5. The molecule has 2 unspecified atom stereocenters. The molecule has 0 radical (unpaired) electrons. The standard InChI is InChI=1S/C19H24N4O2.C18H22N4O3/c1-13-3-6-17(18(24)20-13)23-12-14-11-15(4-5-16(14)19(23)25)22-9-7-21(2)8-10-22;1-20-6-8-21(9-7-20)13-2-3-14-12(10-13)11-22(18(14)25)15-4-5-16(23)19-17(15)24/h4-5,11,17H,1,3,6-10,12H2,2H3,(H,20,24);2-3,10,15H,4-9,11H2,1H3,(H,19,23,24). The molecule has 5 amide bonds. The summed E-state index contributed by atoms with van der Waals surface area (Å²) in [5.74, 6) is -0.891. The van der Waals surface area contributed by atoms with E-state index in [-0.39, 0.29) is 36.0 Å². The second-order valence-electron chi connectivity index (χ2n) is 14.2. The fourth-order valence-corrected chi connectivity index (χ4v) is 7.72. The Kier molecular flexibility index (Phi) is 9.36. The Hall–Kier alpha value is -4.75. The van der Waals surface area contributed by atoms with E-state index in [4.69, 9.17) is 0 Å². The van der Waals surface area contributed by atoms with Gasteiger partial charge in [0.1, 0.15) is 12.1 Å². The van der Waals surface area contributed by atoms with E-state index in [1.807, 2.05) is 24.3 Å². The molecule has 2 aromatic rings. The van der Waals surface area contributed by atoms with Crippen molar-refractivity contribution in [1.29, 1.82) is 0 Å². The lowest BCUT2D eigenvalue weighted by atomic mass is 10.0. The molecule has 50 heavy (non-hydrogen) atoms. The molecular weight excluding hydrogens is 636 g/mol. The Labute approximate surface area is 292 Å². The van der Waals surface area contributed by atoms with Crippen molar-refractivity contribution in [1.82, 2.24) is 30.2 Å². The lowest BCUT2D eigenvalue weighted by Crippen LogP contribution is -2.52. The van der Waals surface area contributed by atoms with Crippen molar-refractivity contribution in [2.75, 3.05) is 76.3 Å². The summed E-state index contributed by atoms with van der Waals surface area (Å²) in [5.41, 5.74) is 6.43. The average molecular weight is 683 g/mol. The van der Waals surface area contributed by atoms with Gasteiger partial charge in [0.05, 0.1) is 0 Å². The van der Waals surface area contributed by atoms with Gasteiger partial charge in [-0.25, -0.2) is 0 Å². The fourth-order valence-electron chi connectivity index (χ4n) is 7.72. The van der Waals surface area contributed by atoms with Gasteiger partial charge in [-0.15, -0.1) is 0 Å². The third kappa shape index (κ3) is 6.71. The third-order valence-electron chi connectivity index (χ3n) is 10.9. The van der Waals surface area contributed by atoms with E-state index in [9.17, 15) is 24.0 Å². The topological polar surface area (TPSA) is 129 Å². The molecule has 2 N–H and O–H groups in total. The molecule has 0 aliphatic carbocycles. The highest BCUT2D eigenvalue weighted by Crippen LogP contribution is 2.32. The van der Waals surface area contributed by atoms with E-state index in [0.29, 0.717) is 31.5 Å². The van der Waals surface area contributed by atoms with Gasteiger partial charge in [0, 0.05) is 100 Å². The Morgan fingerprint density at radius 2 is 1.04 bits per heavy atom. The molecule has 6 heterocycles. The van der Waals surface area contributed by atoms with Crippen molar-refractivity contribution in [3.05, 3.63) is 70.9 Å². The summed E-state index contributed by atoms with van der Waals surface area (Å²) in [6, 6.07) is 11.1. The van der Waals surface area contributed by atoms with Crippen LogP contribution in [0.2, 0.25) is 0 Å². The lowest BCUT2D eigenvalue weighted by molar-refractivity contribution is -0.137. The number of fused-ring (bicyclic) bond motifs is 2. The van der Waals surface area contributed by atoms with E-state index < -0.39 is 12.1 Å². The van der Waals surface area contributed by atoms with Crippen LogP contribution in [0.25, 0.3) is 0 Å². The first kappa shape index (κ1) is 33.7. The van der Waals surface area contributed by atoms with Gasteiger partial charge in [0.15, 0.2) is 0 Å². The van der Waals surface area contributed by atoms with E-state index in [1.165, 1.54) is 5.69 Å². The van der Waals surface area contributed by atoms with Crippen LogP contribution in [0.15, 0.2) is 48.7 Å². The van der Waals surface area contributed by atoms with E-state index in [2.05, 4.69) is 63.0 Å². The summed E-state index contributed by atoms with van der Waals surface area (Å²) in [4.78, 5) is 73.8. The number of imide groups is 1. The van der Waals surface area contributed by atoms with Gasteiger partial charge in [-0.05, 0) is 80.9 Å². The highest BCUT2D eigenvalue weighted by Gasteiger charge is 2.40. The van der Waals surface area contributed by atoms with Gasteiger partial charge in [0.25, 0.3) is 11.8 Å². The zero-order valence-corrected chi connectivity index (χ0v) is 28.9. The van der Waals surface area contributed by atoms with Crippen LogP contribution in [-0.4, -0.2) is 128 Å². The molecule has 13 heteroatoms. The van der Waals surface area contributed by atoms with Crippen molar-refractivity contribution < 1.29 is 24.0 Å². The maximum atomic E-state index is 12.8. The predicted octanol–water partition coefficient (Wildman–Crippen LogP) is 1.39. The molecule has 2 aromatic carbocycles. The Morgan fingerprint density at radius 3 is 1.48 bits per heavy atom. The van der Waals surface area contributed by atoms with Crippen LogP contribution < -0.4 is 20.4 Å². The van der Waals surface area contributed by atoms with Crippen molar-refractivity contribution in [3.8, 4) is 0 Å². The van der Waals surface area contributed by atoms with Gasteiger partial charge in [-0.3, -0.25) is 29.3 Å². The number of benzene rings is 2. The fraction of sp³-hybridized carbons (Fsp3) is 0.486. The number of hydrogen-bond acceptors (Lipinski definition) is 9. The first-order valence-corrected chi connectivity index (χ1v) is 17.6. The molecule has 6 aliphatic heterocycles. The van der Waals surface area contributed by atoms with Gasteiger partial charge < -0.3 is 34.7 Å². The molecule has 13 nitrogen and oxygen atoms in total. The Morgan fingerprint density at radius 1 is 0.600 bits per heavy atom. The number of piperazine rings is 2. The van der Waals surface area contributed by atoms with E-state index >= 15 is 0 Å². The number of hydrogen-bond donors (Lipinski definition) is 2. The Balaban J connectivity index is 0.000000157. The van der Waals surface area contributed by atoms with E-state index in [0.717, 1.165) is 86.9 Å². The zero-order valence-electron chi connectivity index (χ0n) is 28.9. The molecule has 2 atom stereocenters. The largest absolute Gasteiger partial charge is 0.369 e. The molecule has 0 aromatic heterocycles. The number of carbonyl (C=O) groups excluding carboxylic acids is 5. The molecule has 6 aliphatic rings. The average Bonchev–Trinajstić information content (AvgIpc) is 3.60. The van der Waals surface area contributed by atoms with Gasteiger partial charge in [-0.1, -0.05) is 6.58 Å². The summed E-state index contributed by atoms with van der Waals surface area (Å²) in [7, 11) is 4.26. The summed E-state index contributed by atoms with van der Waals surface area (Å²) < 4.78 is 0. The lowest BCUT2D eigenvalue weighted by Gasteiger charge is -2.34. The first-order valence-electron chi connectivity index (χ1n) is 17.6. The number of piperidine rings is 2. The number of nitrogens with one attached hydrogen (secondary N) is 2. The van der Waals surface area contributed by atoms with E-state index in [1.54, 1.807) is 9.80 Å². The first-order chi connectivity index (χ1) is 24.0. The van der Waals surface area contributed by atoms with Crippen molar-refractivity contribution in [2.24, 2.45) is 0 Å². The van der Waals surface area contributed by atoms with Gasteiger partial charge in [0.2, 0.25) is 17.7 Å². The quantitative estimate of drug-likeness (QED) is 0.460. The smallest absolute Gasteiger partial charge is 0.255 e. The molecule has 0 saturated carbocycles. The maximum Gasteiger partial charge on any atom is 0.255 e. The number of allylic oxidation sites excluding steroid dienone is 1. The van der Waals surface area contributed by atoms with Gasteiger partial charge in [-0.2, -0.15) is 0 Å². The highest BCUT2D eigenvalue weighted by atomic mass is 16.2. The van der Waals surface area contributed by atoms with Crippen LogP contribution in [-0.2, 0) is 27.5 Å². The number of carbonyl (C=O) groups is 5. The summed E-state index contributed by atoms with van der Waals surface area (Å²) in [6.45, 7) is 12.9. The summed E-state index contributed by atoms with van der Waals surface area (Å²) in [5, 5.41) is 5.12. The van der Waals surface area contributed by atoms with Crippen LogP contribution in [0.5, 0.6) is 0 Å². The minimum atomic E-state index is -0.551. The third-order valence-corrected chi connectivity index (χ3v) is 10.9. The molecule has 4 fully saturated rings. The molecule has 8 rings (SSSR count). The number of anilines is 2. The molecule has 0 spiro atoms. The number of likely N-dealkylation sites (N-methyl/N-ethyl adjacent to an activating group) is 2. The molecule has 4 saturated heterocycles. The van der Waals surface area contributed by atoms with Crippen molar-refractivity contribution in [3.63, 3.8) is 0 Å². The number of nitrogens with zero attached hydrogens (tertiary/aromatic N) is 6. The highest BCUT2D eigenvalue weighted by molar-refractivity contribution is 6.05. The Bertz CT molecular complexity index is 1600. The second-order valence-corrected chi connectivity index (χ2v) is 14.2. The number of rotatable bonds is 4. The SMILES string of the molecule is C=C1CCC(N2Cc3cc(N4CCN(C)CC4)ccc3C2=O)C(=O)N1.CN1CCN(c2ccc3c(c2)CN(C2CCC(=O)NC2=O)C3=O)CC1. The maximum absolute atomic E-state index is 12.8. The van der Waals surface area contributed by atoms with Crippen molar-refractivity contribution >= 4 is 40.9 Å². The minimum Gasteiger partial charge on any atom is -0.369 e. The monoisotopic (exact) mass is 682 g/mol. The second kappa shape index (κ2) is 13.9. The molecule has 264 valence electrons. The minimum absolute atomic E-state index is 0.0346. The van der Waals surface area contributed by atoms with Crippen molar-refractivity contribution in [2.45, 2.75) is 50.9 Å². The number of amides is 5. The van der Waals surface area contributed by atoms with Crippen LogP contribution >= 0.6 is 0 Å². The van der Waals surface area contributed by atoms with Crippen LogP contribution in [0.1, 0.15) is 57.5 Å². The summed E-state index contributed by atoms with van der Waals surface area (Å²) >= 11 is 0. The predicted molar refractivity (Wildman–Crippen MR) is 189 cm³/mol. The van der Waals surface area contributed by atoms with Crippen LogP contribution in [0.3, 0.4) is 0 Å². The zero-order chi connectivity index (χ0) is 35.1.